The molecule has 0 bridgehead atoms. The summed E-state index contributed by atoms with van der Waals surface area (Å²) in [5.41, 5.74) is 0. The fourth-order valence-electron chi connectivity index (χ4n) is 2.33. The van der Waals surface area contributed by atoms with Gasteiger partial charge in [-0.2, -0.15) is 8.42 Å². The largest absolute Gasteiger partial charge is 0.481 e. The molecule has 0 saturated heterocycles. The van der Waals surface area contributed by atoms with Crippen LogP contribution in [0.15, 0.2) is 0 Å². The van der Waals surface area contributed by atoms with Crippen molar-refractivity contribution in [1.82, 2.24) is 0 Å². The fourth-order valence-corrected chi connectivity index (χ4v) is 3.10. The number of hydrogen-bond acceptors (Lipinski definition) is 5. The molecule has 0 fully saturated rings. The van der Waals surface area contributed by atoms with Crippen molar-refractivity contribution in [3.63, 3.8) is 0 Å². The van der Waals surface area contributed by atoms with Crippen LogP contribution in [0.25, 0.3) is 0 Å². The Morgan fingerprint density at radius 2 is 1.50 bits per heavy atom. The standard InChI is InChI=1S/C16H30O7S/c1-2-3-4-5-6-7-8-9-13-23-16(19)14(24(20,21)22)11-10-12-15(17)18/h14H,2-13H2,1H3,(H,17,18)(H,20,21,22). The summed E-state index contributed by atoms with van der Waals surface area (Å²) in [6, 6.07) is 0. The third kappa shape index (κ3) is 12.3. The summed E-state index contributed by atoms with van der Waals surface area (Å²) in [4.78, 5) is 22.2. The smallest absolute Gasteiger partial charge is 0.326 e. The monoisotopic (exact) mass is 366 g/mol. The van der Waals surface area contributed by atoms with Crippen molar-refractivity contribution in [1.29, 1.82) is 0 Å². The maximum Gasteiger partial charge on any atom is 0.326 e. The zero-order valence-corrected chi connectivity index (χ0v) is 15.2. The van der Waals surface area contributed by atoms with Crippen LogP contribution in [-0.2, 0) is 24.4 Å². The van der Waals surface area contributed by atoms with Crippen LogP contribution in [0.4, 0.5) is 0 Å². The van der Waals surface area contributed by atoms with Gasteiger partial charge in [0, 0.05) is 6.42 Å². The molecule has 0 aromatic carbocycles. The second-order valence-electron chi connectivity index (χ2n) is 5.93. The van der Waals surface area contributed by atoms with Gasteiger partial charge in [0.05, 0.1) is 6.61 Å². The van der Waals surface area contributed by atoms with Crippen molar-refractivity contribution in [2.45, 2.75) is 82.8 Å². The maximum absolute atomic E-state index is 11.8. The van der Waals surface area contributed by atoms with Gasteiger partial charge in [-0.15, -0.1) is 0 Å². The topological polar surface area (TPSA) is 118 Å². The van der Waals surface area contributed by atoms with E-state index in [9.17, 15) is 18.0 Å². The summed E-state index contributed by atoms with van der Waals surface area (Å²) in [6.45, 7) is 2.27. The molecular weight excluding hydrogens is 336 g/mol. The number of rotatable bonds is 15. The van der Waals surface area contributed by atoms with E-state index in [4.69, 9.17) is 14.4 Å². The summed E-state index contributed by atoms with van der Waals surface area (Å²) in [5, 5.41) is 6.83. The van der Waals surface area contributed by atoms with Crippen LogP contribution in [0.3, 0.4) is 0 Å². The highest BCUT2D eigenvalue weighted by Crippen LogP contribution is 2.13. The highest BCUT2D eigenvalue weighted by molar-refractivity contribution is 7.87. The van der Waals surface area contributed by atoms with E-state index in [1.165, 1.54) is 25.7 Å². The molecule has 0 aliphatic carbocycles. The first-order chi connectivity index (χ1) is 11.3. The normalized spacial score (nSPS) is 12.8. The van der Waals surface area contributed by atoms with E-state index < -0.39 is 27.3 Å². The number of unbranched alkanes of at least 4 members (excludes halogenated alkanes) is 7. The van der Waals surface area contributed by atoms with Crippen LogP contribution in [0.1, 0.15) is 77.6 Å². The predicted molar refractivity (Wildman–Crippen MR) is 90.4 cm³/mol. The van der Waals surface area contributed by atoms with Crippen molar-refractivity contribution in [2.24, 2.45) is 0 Å². The maximum atomic E-state index is 11.8. The predicted octanol–water partition coefficient (Wildman–Crippen LogP) is 3.18. The van der Waals surface area contributed by atoms with Crippen molar-refractivity contribution < 1.29 is 32.4 Å². The highest BCUT2D eigenvalue weighted by Gasteiger charge is 2.32. The number of hydrogen-bond donors (Lipinski definition) is 2. The number of ether oxygens (including phenoxy) is 1. The molecule has 0 aliphatic rings. The SMILES string of the molecule is CCCCCCCCCCOC(=O)C(CCCC(=O)O)S(=O)(=O)O. The molecule has 0 saturated carbocycles. The van der Waals surface area contributed by atoms with Crippen LogP contribution >= 0.6 is 0 Å². The average Bonchev–Trinajstić information content (AvgIpc) is 2.48. The molecule has 1 atom stereocenters. The lowest BCUT2D eigenvalue weighted by Crippen LogP contribution is -2.32. The molecule has 1 unspecified atom stereocenters. The van der Waals surface area contributed by atoms with Crippen molar-refractivity contribution in [2.75, 3.05) is 6.61 Å². The summed E-state index contributed by atoms with van der Waals surface area (Å²) in [6.07, 6.45) is 8.05. The minimum atomic E-state index is -4.59. The molecule has 0 aliphatic heterocycles. The van der Waals surface area contributed by atoms with E-state index >= 15 is 0 Å². The van der Waals surface area contributed by atoms with Gasteiger partial charge in [0.2, 0.25) is 0 Å². The summed E-state index contributed by atoms with van der Waals surface area (Å²) < 4.78 is 36.4. The lowest BCUT2D eigenvalue weighted by Gasteiger charge is -2.13. The van der Waals surface area contributed by atoms with Gasteiger partial charge in [-0.05, 0) is 19.3 Å². The van der Waals surface area contributed by atoms with E-state index in [1.54, 1.807) is 0 Å². The third-order valence-electron chi connectivity index (χ3n) is 3.72. The third-order valence-corrected chi connectivity index (χ3v) is 4.87. The van der Waals surface area contributed by atoms with E-state index in [0.29, 0.717) is 6.42 Å². The van der Waals surface area contributed by atoms with Crippen molar-refractivity contribution in [3.8, 4) is 0 Å². The van der Waals surface area contributed by atoms with Gasteiger partial charge in [0.1, 0.15) is 0 Å². The number of aliphatic carboxylic acids is 1. The van der Waals surface area contributed by atoms with Crippen LogP contribution in [-0.4, -0.2) is 41.9 Å². The van der Waals surface area contributed by atoms with Crippen LogP contribution < -0.4 is 0 Å². The molecule has 0 heterocycles. The molecule has 0 radical (unpaired) electrons. The molecule has 8 heteroatoms. The quantitative estimate of drug-likeness (QED) is 0.259. The Hall–Kier alpha value is -1.15. The molecule has 142 valence electrons. The first-order valence-corrected chi connectivity index (χ1v) is 10.1. The molecule has 0 aromatic rings. The number of carboxylic acids is 1. The Morgan fingerprint density at radius 3 is 2.00 bits per heavy atom. The molecule has 0 amide bonds. The van der Waals surface area contributed by atoms with Gasteiger partial charge in [-0.1, -0.05) is 51.9 Å². The van der Waals surface area contributed by atoms with E-state index in [1.807, 2.05) is 0 Å². The Bertz CT molecular complexity index is 459. The molecule has 0 rings (SSSR count). The zero-order chi connectivity index (χ0) is 18.4. The average molecular weight is 366 g/mol. The Kier molecular flexibility index (Phi) is 12.5. The molecule has 2 N–H and O–H groups in total. The summed E-state index contributed by atoms with van der Waals surface area (Å²) in [7, 11) is -4.59. The van der Waals surface area contributed by atoms with Crippen LogP contribution in [0, 0.1) is 0 Å². The molecule has 7 nitrogen and oxygen atoms in total. The Balaban J connectivity index is 3.96. The van der Waals surface area contributed by atoms with Gasteiger partial charge in [-0.25, -0.2) is 0 Å². The van der Waals surface area contributed by atoms with Gasteiger partial charge in [0.15, 0.2) is 5.25 Å². The number of carbonyl (C=O) groups is 2. The van der Waals surface area contributed by atoms with Crippen LogP contribution in [0.2, 0.25) is 0 Å². The van der Waals surface area contributed by atoms with Gasteiger partial charge < -0.3 is 9.84 Å². The summed E-state index contributed by atoms with van der Waals surface area (Å²) >= 11 is 0. The molecular formula is C16H30O7S. The van der Waals surface area contributed by atoms with E-state index in [2.05, 4.69) is 6.92 Å². The zero-order valence-electron chi connectivity index (χ0n) is 14.4. The van der Waals surface area contributed by atoms with Crippen molar-refractivity contribution in [3.05, 3.63) is 0 Å². The van der Waals surface area contributed by atoms with Crippen molar-refractivity contribution >= 4 is 22.1 Å². The highest BCUT2D eigenvalue weighted by atomic mass is 32.2. The van der Waals surface area contributed by atoms with Gasteiger partial charge >= 0.3 is 11.9 Å². The lowest BCUT2D eigenvalue weighted by molar-refractivity contribution is -0.144. The first-order valence-electron chi connectivity index (χ1n) is 8.63. The fraction of sp³-hybridized carbons (Fsp3) is 0.875. The molecule has 0 aromatic heterocycles. The lowest BCUT2D eigenvalue weighted by atomic mass is 10.1. The number of esters is 1. The number of carboxylic acid groups (broad SMARTS) is 1. The van der Waals surface area contributed by atoms with E-state index in [-0.39, 0.29) is 25.9 Å². The van der Waals surface area contributed by atoms with Gasteiger partial charge in [0.25, 0.3) is 10.1 Å². The summed E-state index contributed by atoms with van der Waals surface area (Å²) in [5.74, 6) is -2.10. The van der Waals surface area contributed by atoms with Gasteiger partial charge in [-0.3, -0.25) is 14.1 Å². The first kappa shape index (κ1) is 22.9. The second kappa shape index (κ2) is 13.2. The minimum absolute atomic E-state index is 0.0212. The minimum Gasteiger partial charge on any atom is -0.481 e. The molecule has 24 heavy (non-hydrogen) atoms. The Morgan fingerprint density at radius 1 is 0.958 bits per heavy atom. The number of carbonyl (C=O) groups excluding carboxylic acids is 1. The Labute approximate surface area is 144 Å². The second-order valence-corrected chi connectivity index (χ2v) is 7.53. The molecule has 0 spiro atoms. The van der Waals surface area contributed by atoms with E-state index in [0.717, 1.165) is 19.3 Å². The van der Waals surface area contributed by atoms with Crippen LogP contribution in [0.5, 0.6) is 0 Å².